The van der Waals surface area contributed by atoms with Crippen LogP contribution < -0.4 is 5.32 Å². The van der Waals surface area contributed by atoms with Gasteiger partial charge in [-0.1, -0.05) is 229 Å². The van der Waals surface area contributed by atoms with Crippen LogP contribution >= 0.6 is 7.82 Å². The fourth-order valence-corrected chi connectivity index (χ4v) is 7.85. The fourth-order valence-electron chi connectivity index (χ4n) is 7.11. The van der Waals surface area contributed by atoms with Gasteiger partial charge >= 0.3 is 7.82 Å². The summed E-state index contributed by atoms with van der Waals surface area (Å²) in [5.74, 6) is -0.271. The molecule has 0 aliphatic heterocycles. The minimum absolute atomic E-state index is 0.0560. The zero-order chi connectivity index (χ0) is 45.0. The SMILES string of the molecule is CC/C=C\C/C=C\C/C=C\C/C=C\C/C=C\CC(=O)NC(COP(=O)(O)OCC[N+](C)(C)C)C(O)CCCCCCCCCCCCCCCCCCCCCCCCCC. The van der Waals surface area contributed by atoms with E-state index in [9.17, 15) is 19.4 Å². The smallest absolute Gasteiger partial charge is 0.391 e. The number of aliphatic hydroxyl groups excluding tert-OH is 1. The number of allylic oxidation sites excluding steroid dienone is 9. The van der Waals surface area contributed by atoms with Gasteiger partial charge in [-0.2, -0.15) is 0 Å². The number of unbranched alkanes of at least 4 members (excludes halogenated alkanes) is 23. The lowest BCUT2D eigenvalue weighted by Crippen LogP contribution is -2.46. The standard InChI is InChI=1S/C52H97N2O6P/c1-6-8-10-12-14-16-18-20-22-23-24-25-26-27-28-29-30-32-33-35-37-39-41-43-45-51(55)50(49-60-61(57,58)59-48-47-54(3,4)5)53-52(56)46-44-42-40-38-36-34-31-21-19-17-15-13-11-9-7-2/h9,11,15,17,21,31,36,38,42,44,50-51,55H,6-8,10,12-14,16,18-20,22-30,32-35,37,39-41,43,45-49H2,1-5H3,(H-,53,56,57,58)/p+1/b11-9-,17-15-,31-21-,38-36-,44-42-. The molecule has 0 aliphatic carbocycles. The summed E-state index contributed by atoms with van der Waals surface area (Å²) in [4.78, 5) is 23.1. The van der Waals surface area contributed by atoms with E-state index in [1.807, 2.05) is 33.3 Å². The first-order chi connectivity index (χ1) is 29.5. The van der Waals surface area contributed by atoms with Crippen molar-refractivity contribution < 1.29 is 32.9 Å². The van der Waals surface area contributed by atoms with Crippen LogP contribution in [0.4, 0.5) is 0 Å². The molecule has 3 unspecified atom stereocenters. The van der Waals surface area contributed by atoms with E-state index in [0.29, 0.717) is 17.4 Å². The number of carbonyl (C=O) groups is 1. The maximum absolute atomic E-state index is 12.9. The molecule has 0 saturated carbocycles. The van der Waals surface area contributed by atoms with E-state index in [2.05, 4.69) is 67.8 Å². The van der Waals surface area contributed by atoms with E-state index in [4.69, 9.17) is 9.05 Å². The quantitative estimate of drug-likeness (QED) is 0.0244. The van der Waals surface area contributed by atoms with Crippen LogP contribution in [0, 0.1) is 0 Å². The molecule has 0 heterocycles. The third kappa shape index (κ3) is 46.0. The lowest BCUT2D eigenvalue weighted by Gasteiger charge is -2.26. The molecule has 3 N–H and O–H groups in total. The van der Waals surface area contributed by atoms with Gasteiger partial charge in [-0.05, 0) is 38.5 Å². The fraction of sp³-hybridized carbons (Fsp3) is 0.788. The molecule has 0 saturated heterocycles. The molecule has 356 valence electrons. The second-order valence-electron chi connectivity index (χ2n) is 18.2. The maximum Gasteiger partial charge on any atom is 0.472 e. The second-order valence-corrected chi connectivity index (χ2v) is 19.6. The van der Waals surface area contributed by atoms with E-state index >= 15 is 0 Å². The Morgan fingerprint density at radius 3 is 1.30 bits per heavy atom. The van der Waals surface area contributed by atoms with Crippen LogP contribution in [0.2, 0.25) is 0 Å². The Morgan fingerprint density at radius 2 is 0.918 bits per heavy atom. The molecule has 8 nitrogen and oxygen atoms in total. The Labute approximate surface area is 377 Å². The number of carbonyl (C=O) groups excluding carboxylic acids is 1. The molecule has 0 aliphatic rings. The monoisotopic (exact) mass is 878 g/mol. The Kier molecular flexibility index (Phi) is 42.2. The highest BCUT2D eigenvalue weighted by Crippen LogP contribution is 2.43. The van der Waals surface area contributed by atoms with Crippen LogP contribution in [0.5, 0.6) is 0 Å². The molecule has 61 heavy (non-hydrogen) atoms. The molecular formula is C52H98N2O6P+. The Hall–Kier alpha value is -1.80. The van der Waals surface area contributed by atoms with Crippen molar-refractivity contribution in [2.45, 2.75) is 225 Å². The molecular weight excluding hydrogens is 780 g/mol. The van der Waals surface area contributed by atoms with Crippen molar-refractivity contribution in [3.63, 3.8) is 0 Å². The first kappa shape index (κ1) is 59.2. The zero-order valence-corrected chi connectivity index (χ0v) is 41.3. The molecule has 0 spiro atoms. The minimum Gasteiger partial charge on any atom is -0.391 e. The van der Waals surface area contributed by atoms with Gasteiger partial charge in [-0.3, -0.25) is 13.8 Å². The van der Waals surface area contributed by atoms with E-state index in [0.717, 1.165) is 51.4 Å². The van der Waals surface area contributed by atoms with Crippen molar-refractivity contribution in [1.82, 2.24) is 5.32 Å². The molecule has 0 aromatic rings. The summed E-state index contributed by atoms with van der Waals surface area (Å²) in [6, 6.07) is -0.817. The summed E-state index contributed by atoms with van der Waals surface area (Å²) in [6.07, 6.45) is 57.3. The van der Waals surface area contributed by atoms with Crippen LogP contribution in [0.15, 0.2) is 60.8 Å². The maximum atomic E-state index is 12.9. The third-order valence-corrected chi connectivity index (χ3v) is 12.0. The lowest BCUT2D eigenvalue weighted by molar-refractivity contribution is -0.870. The largest absolute Gasteiger partial charge is 0.472 e. The van der Waals surface area contributed by atoms with Gasteiger partial charge in [0, 0.05) is 6.42 Å². The van der Waals surface area contributed by atoms with Crippen LogP contribution in [0.3, 0.4) is 0 Å². The van der Waals surface area contributed by atoms with E-state index in [1.54, 1.807) is 0 Å². The molecule has 0 aromatic carbocycles. The number of hydrogen-bond acceptors (Lipinski definition) is 5. The molecule has 0 fully saturated rings. The normalized spacial score (nSPS) is 14.7. The number of phosphoric ester groups is 1. The number of aliphatic hydroxyl groups is 1. The third-order valence-electron chi connectivity index (χ3n) is 11.1. The van der Waals surface area contributed by atoms with E-state index in [-0.39, 0.29) is 25.5 Å². The van der Waals surface area contributed by atoms with Crippen molar-refractivity contribution in [3.8, 4) is 0 Å². The number of likely N-dealkylation sites (N-methyl/N-ethyl adjacent to an activating group) is 1. The number of rotatable bonds is 45. The topological polar surface area (TPSA) is 105 Å². The first-order valence-corrected chi connectivity index (χ1v) is 26.6. The van der Waals surface area contributed by atoms with Gasteiger partial charge in [-0.25, -0.2) is 4.57 Å². The molecule has 0 radical (unpaired) electrons. The highest BCUT2D eigenvalue weighted by atomic mass is 31.2. The number of hydrogen-bond donors (Lipinski definition) is 3. The van der Waals surface area contributed by atoms with Crippen molar-refractivity contribution >= 4 is 13.7 Å². The highest BCUT2D eigenvalue weighted by Gasteiger charge is 2.28. The Bertz CT molecular complexity index is 1180. The summed E-state index contributed by atoms with van der Waals surface area (Å²) in [5.41, 5.74) is 0. The van der Waals surface area contributed by atoms with Gasteiger partial charge in [0.1, 0.15) is 13.2 Å². The number of nitrogens with zero attached hydrogens (tertiary/aromatic N) is 1. The number of nitrogens with one attached hydrogen (secondary N) is 1. The number of phosphoric acid groups is 1. The second kappa shape index (κ2) is 43.5. The van der Waals surface area contributed by atoms with Crippen LogP contribution in [-0.2, 0) is 18.4 Å². The predicted molar refractivity (Wildman–Crippen MR) is 263 cm³/mol. The van der Waals surface area contributed by atoms with Crippen molar-refractivity contribution in [2.75, 3.05) is 40.9 Å². The number of amides is 1. The van der Waals surface area contributed by atoms with Crippen LogP contribution in [0.1, 0.15) is 213 Å². The van der Waals surface area contributed by atoms with Gasteiger partial charge in [0.15, 0.2) is 0 Å². The van der Waals surface area contributed by atoms with Gasteiger partial charge in [0.05, 0.1) is 39.9 Å². The van der Waals surface area contributed by atoms with Crippen molar-refractivity contribution in [2.24, 2.45) is 0 Å². The molecule has 0 bridgehead atoms. The summed E-state index contributed by atoms with van der Waals surface area (Å²) in [6.45, 7) is 4.70. The average molecular weight is 878 g/mol. The van der Waals surface area contributed by atoms with Gasteiger partial charge in [0.25, 0.3) is 0 Å². The van der Waals surface area contributed by atoms with Crippen molar-refractivity contribution in [3.05, 3.63) is 60.8 Å². The molecule has 3 atom stereocenters. The van der Waals surface area contributed by atoms with Gasteiger partial charge in [-0.15, -0.1) is 0 Å². The summed E-state index contributed by atoms with van der Waals surface area (Å²) in [7, 11) is 1.56. The summed E-state index contributed by atoms with van der Waals surface area (Å²) >= 11 is 0. The first-order valence-electron chi connectivity index (χ1n) is 25.2. The zero-order valence-electron chi connectivity index (χ0n) is 40.4. The lowest BCUT2D eigenvalue weighted by atomic mass is 10.0. The van der Waals surface area contributed by atoms with Crippen molar-refractivity contribution in [1.29, 1.82) is 0 Å². The minimum atomic E-state index is -4.34. The Balaban J connectivity index is 4.31. The van der Waals surface area contributed by atoms with Gasteiger partial charge < -0.3 is 19.8 Å². The van der Waals surface area contributed by atoms with E-state index < -0.39 is 20.0 Å². The molecule has 9 heteroatoms. The Morgan fingerprint density at radius 1 is 0.557 bits per heavy atom. The molecule has 1 amide bonds. The average Bonchev–Trinajstić information content (AvgIpc) is 3.21. The molecule has 0 rings (SSSR count). The predicted octanol–water partition coefficient (Wildman–Crippen LogP) is 14.6. The number of quaternary nitrogens is 1. The van der Waals surface area contributed by atoms with E-state index in [1.165, 1.54) is 135 Å². The highest BCUT2D eigenvalue weighted by molar-refractivity contribution is 7.47. The summed E-state index contributed by atoms with van der Waals surface area (Å²) < 4.78 is 23.6. The van der Waals surface area contributed by atoms with Crippen LogP contribution in [-0.4, -0.2) is 73.4 Å². The van der Waals surface area contributed by atoms with Crippen LogP contribution in [0.25, 0.3) is 0 Å². The molecule has 0 aromatic heterocycles. The van der Waals surface area contributed by atoms with Gasteiger partial charge in [0.2, 0.25) is 5.91 Å². The summed E-state index contributed by atoms with van der Waals surface area (Å²) in [5, 5.41) is 13.9.